The average molecular weight is 343 g/mol. The van der Waals surface area contributed by atoms with Gasteiger partial charge in [-0.15, -0.1) is 11.8 Å². The second-order valence-electron chi connectivity index (χ2n) is 6.52. The Morgan fingerprint density at radius 1 is 1.29 bits per heavy atom. The fourth-order valence-corrected chi connectivity index (χ4v) is 3.40. The maximum absolute atomic E-state index is 11.3. The molecule has 24 heavy (non-hydrogen) atoms. The number of aromatic nitrogens is 1. The summed E-state index contributed by atoms with van der Waals surface area (Å²) in [6.45, 7) is 4.21. The third-order valence-corrected chi connectivity index (χ3v) is 4.90. The summed E-state index contributed by atoms with van der Waals surface area (Å²) in [5, 5.41) is 11.0. The Labute approximate surface area is 146 Å². The van der Waals surface area contributed by atoms with E-state index in [1.54, 1.807) is 30.1 Å². The van der Waals surface area contributed by atoms with Crippen LogP contribution in [-0.4, -0.2) is 21.3 Å². The highest BCUT2D eigenvalue weighted by atomic mass is 32.2. The summed E-state index contributed by atoms with van der Waals surface area (Å²) in [7, 11) is 0. The van der Waals surface area contributed by atoms with Crippen molar-refractivity contribution in [3.05, 3.63) is 47.7 Å². The summed E-state index contributed by atoms with van der Waals surface area (Å²) in [6.07, 6.45) is 5.05. The van der Waals surface area contributed by atoms with Crippen LogP contribution in [0.15, 0.2) is 41.6 Å². The number of rotatable bonds is 7. The van der Waals surface area contributed by atoms with Gasteiger partial charge in [0.05, 0.1) is 16.8 Å². The second-order valence-corrected chi connectivity index (χ2v) is 7.84. The number of benzene rings is 1. The molecule has 1 N–H and O–H groups in total. The van der Waals surface area contributed by atoms with Crippen LogP contribution in [-0.2, 0) is 6.42 Å². The van der Waals surface area contributed by atoms with Crippen LogP contribution in [0.2, 0.25) is 0 Å². The van der Waals surface area contributed by atoms with Crippen molar-refractivity contribution in [2.75, 3.05) is 0 Å². The van der Waals surface area contributed by atoms with Crippen molar-refractivity contribution in [3.63, 3.8) is 0 Å². The minimum Gasteiger partial charge on any atom is -0.478 e. The van der Waals surface area contributed by atoms with Gasteiger partial charge in [0.25, 0.3) is 0 Å². The van der Waals surface area contributed by atoms with Crippen molar-refractivity contribution < 1.29 is 14.6 Å². The lowest BCUT2D eigenvalue weighted by Gasteiger charge is -2.11. The van der Waals surface area contributed by atoms with E-state index < -0.39 is 5.97 Å². The number of carbonyl (C=O) groups is 1. The number of pyridine rings is 1. The molecule has 2 aromatic rings. The second kappa shape index (κ2) is 7.26. The lowest BCUT2D eigenvalue weighted by Crippen LogP contribution is -2.01. The normalized spacial score (nSPS) is 14.0. The first-order valence-electron chi connectivity index (χ1n) is 8.17. The summed E-state index contributed by atoms with van der Waals surface area (Å²) < 4.78 is 5.83. The molecule has 0 radical (unpaired) electrons. The van der Waals surface area contributed by atoms with E-state index in [-0.39, 0.29) is 5.56 Å². The Morgan fingerprint density at radius 3 is 2.67 bits per heavy atom. The van der Waals surface area contributed by atoms with Crippen LogP contribution >= 0.6 is 11.8 Å². The van der Waals surface area contributed by atoms with Crippen molar-refractivity contribution in [2.45, 2.75) is 43.4 Å². The molecule has 1 aromatic carbocycles. The Balaban J connectivity index is 1.77. The van der Waals surface area contributed by atoms with Crippen molar-refractivity contribution in [1.29, 1.82) is 0 Å². The predicted octanol–water partition coefficient (Wildman–Crippen LogP) is 5.03. The van der Waals surface area contributed by atoms with Crippen molar-refractivity contribution in [2.24, 2.45) is 5.92 Å². The van der Waals surface area contributed by atoms with Crippen molar-refractivity contribution in [1.82, 2.24) is 4.98 Å². The lowest BCUT2D eigenvalue weighted by atomic mass is 10.0. The zero-order valence-corrected chi connectivity index (χ0v) is 14.7. The monoisotopic (exact) mass is 343 g/mol. The molecular formula is C19H21NO3S. The van der Waals surface area contributed by atoms with E-state index in [9.17, 15) is 9.90 Å². The number of carboxylic acid groups (broad SMARTS) is 1. The fourth-order valence-electron chi connectivity index (χ4n) is 2.42. The van der Waals surface area contributed by atoms with Crippen LogP contribution < -0.4 is 4.74 Å². The fraction of sp³-hybridized carbons (Fsp3) is 0.368. The zero-order chi connectivity index (χ0) is 17.1. The number of carboxylic acids is 1. The van der Waals surface area contributed by atoms with Crippen LogP contribution in [0.5, 0.6) is 11.5 Å². The van der Waals surface area contributed by atoms with Crippen LogP contribution in [0.3, 0.4) is 0 Å². The van der Waals surface area contributed by atoms with Gasteiger partial charge in [0.2, 0.25) is 0 Å². The van der Waals surface area contributed by atoms with Gasteiger partial charge in [-0.1, -0.05) is 13.8 Å². The Kier molecular flexibility index (Phi) is 5.09. The van der Waals surface area contributed by atoms with Gasteiger partial charge in [-0.05, 0) is 61.1 Å². The molecule has 126 valence electrons. The molecule has 1 aromatic heterocycles. The van der Waals surface area contributed by atoms with Gasteiger partial charge in [0.15, 0.2) is 0 Å². The lowest BCUT2D eigenvalue weighted by molar-refractivity contribution is 0.0696. The third kappa shape index (κ3) is 4.74. The van der Waals surface area contributed by atoms with Crippen molar-refractivity contribution >= 4 is 17.7 Å². The topological polar surface area (TPSA) is 59.4 Å². The van der Waals surface area contributed by atoms with Crippen LogP contribution in [0.1, 0.15) is 42.6 Å². The molecule has 5 heteroatoms. The number of nitrogens with zero attached hydrogens (tertiary/aromatic N) is 1. The molecule has 1 aliphatic rings. The standard InChI is InChI=1S/C19H21NO3S/c1-12(2)7-13-8-14(19(21)22)10-16(9-13)23-15-3-6-18(20-11-15)24-17-4-5-17/h3,6,8-12,17H,4-5,7H2,1-2H3,(H,21,22). The number of aromatic carboxylic acids is 1. The first-order valence-corrected chi connectivity index (χ1v) is 9.05. The van der Waals surface area contributed by atoms with E-state index in [1.807, 2.05) is 18.2 Å². The zero-order valence-electron chi connectivity index (χ0n) is 13.9. The highest BCUT2D eigenvalue weighted by Gasteiger charge is 2.23. The van der Waals surface area contributed by atoms with E-state index in [4.69, 9.17) is 4.74 Å². The minimum atomic E-state index is -0.945. The van der Waals surface area contributed by atoms with E-state index in [2.05, 4.69) is 18.8 Å². The summed E-state index contributed by atoms with van der Waals surface area (Å²) in [4.78, 5) is 15.7. The highest BCUT2D eigenvalue weighted by molar-refractivity contribution is 8.00. The van der Waals surface area contributed by atoms with Gasteiger partial charge in [0.1, 0.15) is 11.5 Å². The third-order valence-electron chi connectivity index (χ3n) is 3.61. The highest BCUT2D eigenvalue weighted by Crippen LogP contribution is 2.38. The average Bonchev–Trinajstić information content (AvgIpc) is 3.32. The summed E-state index contributed by atoms with van der Waals surface area (Å²) in [6, 6.07) is 9.00. The van der Waals surface area contributed by atoms with E-state index >= 15 is 0 Å². The Morgan fingerprint density at radius 2 is 2.08 bits per heavy atom. The number of hydrogen-bond acceptors (Lipinski definition) is 4. The maximum atomic E-state index is 11.3. The molecule has 1 fully saturated rings. The smallest absolute Gasteiger partial charge is 0.335 e. The molecule has 3 rings (SSSR count). The molecular weight excluding hydrogens is 322 g/mol. The first-order chi connectivity index (χ1) is 11.5. The van der Waals surface area contributed by atoms with Gasteiger partial charge in [0, 0.05) is 5.25 Å². The van der Waals surface area contributed by atoms with Crippen LogP contribution in [0, 0.1) is 5.92 Å². The number of thioether (sulfide) groups is 1. The quantitative estimate of drug-likeness (QED) is 0.764. The van der Waals surface area contributed by atoms with Gasteiger partial charge in [-0.3, -0.25) is 0 Å². The molecule has 1 heterocycles. The Bertz CT molecular complexity index is 724. The molecule has 0 aliphatic heterocycles. The van der Waals surface area contributed by atoms with E-state index in [0.29, 0.717) is 17.4 Å². The van der Waals surface area contributed by atoms with E-state index in [1.165, 1.54) is 12.8 Å². The molecule has 0 saturated heterocycles. The summed E-state index contributed by atoms with van der Waals surface area (Å²) >= 11 is 1.80. The molecule has 0 bridgehead atoms. The molecule has 0 spiro atoms. The SMILES string of the molecule is CC(C)Cc1cc(Oc2ccc(SC3CC3)nc2)cc(C(=O)O)c1. The summed E-state index contributed by atoms with van der Waals surface area (Å²) in [5.74, 6) is 0.658. The molecule has 0 unspecified atom stereocenters. The molecule has 1 aliphatic carbocycles. The first kappa shape index (κ1) is 16.8. The minimum absolute atomic E-state index is 0.247. The summed E-state index contributed by atoms with van der Waals surface area (Å²) in [5.41, 5.74) is 1.21. The molecule has 1 saturated carbocycles. The van der Waals surface area contributed by atoms with E-state index in [0.717, 1.165) is 22.3 Å². The van der Waals surface area contributed by atoms with Gasteiger partial charge in [-0.2, -0.15) is 0 Å². The molecule has 0 amide bonds. The van der Waals surface area contributed by atoms with Crippen molar-refractivity contribution in [3.8, 4) is 11.5 Å². The van der Waals surface area contributed by atoms with Gasteiger partial charge >= 0.3 is 5.97 Å². The van der Waals surface area contributed by atoms with Gasteiger partial charge in [-0.25, -0.2) is 9.78 Å². The number of hydrogen-bond donors (Lipinski definition) is 1. The largest absolute Gasteiger partial charge is 0.478 e. The van der Waals surface area contributed by atoms with Gasteiger partial charge < -0.3 is 9.84 Å². The number of ether oxygens (including phenoxy) is 1. The molecule has 4 nitrogen and oxygen atoms in total. The Hall–Kier alpha value is -2.01. The predicted molar refractivity (Wildman–Crippen MR) is 95.1 cm³/mol. The van der Waals surface area contributed by atoms with Crippen LogP contribution in [0.25, 0.3) is 0 Å². The van der Waals surface area contributed by atoms with Crippen LogP contribution in [0.4, 0.5) is 0 Å². The molecule has 0 atom stereocenters. The maximum Gasteiger partial charge on any atom is 0.335 e.